The van der Waals surface area contributed by atoms with Gasteiger partial charge < -0.3 is 4.98 Å². The molecule has 0 amide bonds. The summed E-state index contributed by atoms with van der Waals surface area (Å²) >= 11 is 0. The molecule has 1 fully saturated rings. The predicted octanol–water partition coefficient (Wildman–Crippen LogP) is 2.92. The van der Waals surface area contributed by atoms with Crippen LogP contribution in [-0.2, 0) is 0 Å². The molecule has 0 atom stereocenters. The highest BCUT2D eigenvalue weighted by Crippen LogP contribution is 2.38. The van der Waals surface area contributed by atoms with Gasteiger partial charge in [-0.15, -0.1) is 0 Å². The van der Waals surface area contributed by atoms with Crippen molar-refractivity contribution in [3.8, 4) is 0 Å². The maximum absolute atomic E-state index is 11.9. The van der Waals surface area contributed by atoms with Gasteiger partial charge in [-0.05, 0) is 42.4 Å². The molecule has 1 saturated carbocycles. The van der Waals surface area contributed by atoms with Crippen molar-refractivity contribution in [3.05, 3.63) is 39.8 Å². The van der Waals surface area contributed by atoms with Crippen molar-refractivity contribution in [2.45, 2.75) is 38.5 Å². The molecule has 88 valence electrons. The second kappa shape index (κ2) is 3.69. The maximum atomic E-state index is 11.9. The second-order valence-corrected chi connectivity index (χ2v) is 5.18. The van der Waals surface area contributed by atoms with Crippen molar-refractivity contribution >= 4 is 11.0 Å². The Morgan fingerprint density at radius 2 is 2.12 bits per heavy atom. The smallest absolute Gasteiger partial charge is 0.252 e. The first-order valence-corrected chi connectivity index (χ1v) is 6.18. The highest BCUT2D eigenvalue weighted by atomic mass is 16.1. The zero-order valence-electron chi connectivity index (χ0n) is 10.2. The average Bonchev–Trinajstić information content (AvgIpc) is 3.11. The number of fused-ring (bicyclic) bond motifs is 1. The van der Waals surface area contributed by atoms with Crippen molar-refractivity contribution in [2.24, 2.45) is 0 Å². The third-order valence-electron chi connectivity index (χ3n) is 3.43. The molecule has 2 heterocycles. The average molecular weight is 228 g/mol. The van der Waals surface area contributed by atoms with Crippen LogP contribution in [0.2, 0.25) is 0 Å². The third-order valence-corrected chi connectivity index (χ3v) is 3.43. The topological polar surface area (TPSA) is 45.8 Å². The molecule has 3 nitrogen and oxygen atoms in total. The number of nitrogens with one attached hydrogen (secondary N) is 1. The van der Waals surface area contributed by atoms with Gasteiger partial charge in [0.05, 0.1) is 11.0 Å². The van der Waals surface area contributed by atoms with Crippen molar-refractivity contribution in [3.63, 3.8) is 0 Å². The molecule has 3 rings (SSSR count). The predicted molar refractivity (Wildman–Crippen MR) is 68.4 cm³/mol. The molecule has 1 N–H and O–H groups in total. The number of aromatic nitrogens is 2. The van der Waals surface area contributed by atoms with E-state index in [1.807, 2.05) is 18.3 Å². The van der Waals surface area contributed by atoms with E-state index in [0.717, 1.165) is 35.0 Å². The quantitative estimate of drug-likeness (QED) is 0.859. The van der Waals surface area contributed by atoms with E-state index < -0.39 is 0 Å². The van der Waals surface area contributed by atoms with Gasteiger partial charge in [0.1, 0.15) is 0 Å². The highest BCUT2D eigenvalue weighted by Gasteiger charge is 2.26. The fraction of sp³-hybridized carbons (Fsp3) is 0.429. The lowest BCUT2D eigenvalue weighted by Gasteiger charge is -2.07. The van der Waals surface area contributed by atoms with Gasteiger partial charge >= 0.3 is 0 Å². The van der Waals surface area contributed by atoms with Gasteiger partial charge in [-0.2, -0.15) is 0 Å². The number of pyridine rings is 2. The van der Waals surface area contributed by atoms with E-state index in [1.165, 1.54) is 0 Å². The van der Waals surface area contributed by atoms with Crippen LogP contribution in [0.25, 0.3) is 11.0 Å². The minimum atomic E-state index is 0.0581. The first kappa shape index (κ1) is 10.5. The molecule has 0 bridgehead atoms. The third kappa shape index (κ3) is 1.86. The summed E-state index contributed by atoms with van der Waals surface area (Å²) in [6.07, 6.45) is 4.18. The van der Waals surface area contributed by atoms with Crippen molar-refractivity contribution in [1.29, 1.82) is 0 Å². The van der Waals surface area contributed by atoms with Crippen LogP contribution in [0.1, 0.15) is 49.7 Å². The molecule has 0 radical (unpaired) electrons. The summed E-state index contributed by atoms with van der Waals surface area (Å²) in [6, 6.07) is 3.99. The first-order valence-electron chi connectivity index (χ1n) is 6.18. The minimum absolute atomic E-state index is 0.0581. The number of nitrogens with zero attached hydrogens (tertiary/aromatic N) is 1. The monoisotopic (exact) mass is 228 g/mol. The van der Waals surface area contributed by atoms with E-state index in [0.29, 0.717) is 11.8 Å². The minimum Gasteiger partial charge on any atom is -0.320 e. The summed E-state index contributed by atoms with van der Waals surface area (Å²) in [5, 5.41) is 0. The van der Waals surface area contributed by atoms with Crippen LogP contribution in [0.3, 0.4) is 0 Å². The summed E-state index contributed by atoms with van der Waals surface area (Å²) in [7, 11) is 0. The number of hydrogen-bond acceptors (Lipinski definition) is 2. The van der Waals surface area contributed by atoms with Gasteiger partial charge in [0.2, 0.25) is 0 Å². The van der Waals surface area contributed by atoms with Crippen LogP contribution < -0.4 is 5.56 Å². The molecule has 0 unspecified atom stereocenters. The fourth-order valence-electron chi connectivity index (χ4n) is 2.13. The number of H-pyrrole nitrogens is 1. The molecule has 3 heteroatoms. The molecule has 2 aromatic rings. The Hall–Kier alpha value is -1.64. The molecule has 0 spiro atoms. The maximum Gasteiger partial charge on any atom is 0.252 e. The lowest BCUT2D eigenvalue weighted by atomic mass is 10.0. The van der Waals surface area contributed by atoms with Crippen LogP contribution in [0.5, 0.6) is 0 Å². The van der Waals surface area contributed by atoms with Crippen LogP contribution >= 0.6 is 0 Å². The Labute approximate surface area is 99.9 Å². The van der Waals surface area contributed by atoms with Gasteiger partial charge in [-0.1, -0.05) is 13.8 Å². The van der Waals surface area contributed by atoms with Gasteiger partial charge in [0.25, 0.3) is 5.56 Å². The van der Waals surface area contributed by atoms with E-state index in [4.69, 9.17) is 0 Å². The van der Waals surface area contributed by atoms with Gasteiger partial charge in [0.15, 0.2) is 0 Å². The molecular formula is C14H16N2O. The number of aromatic amines is 1. The second-order valence-electron chi connectivity index (χ2n) is 5.18. The molecular weight excluding hydrogens is 212 g/mol. The van der Waals surface area contributed by atoms with E-state index in [2.05, 4.69) is 23.8 Å². The van der Waals surface area contributed by atoms with Gasteiger partial charge in [0, 0.05) is 11.8 Å². The standard InChI is InChI=1S/C14H16N2O/c1-8(2)10-5-13-12(15-7-10)6-11(9-3-4-9)14(17)16-13/h5-9H,3-4H2,1-2H3,(H,16,17). The zero-order valence-corrected chi connectivity index (χ0v) is 10.2. The van der Waals surface area contributed by atoms with Crippen LogP contribution in [0.15, 0.2) is 23.1 Å². The lowest BCUT2D eigenvalue weighted by Crippen LogP contribution is -2.11. The summed E-state index contributed by atoms with van der Waals surface area (Å²) in [5.74, 6) is 0.897. The molecule has 0 aromatic carbocycles. The first-order chi connectivity index (χ1) is 8.15. The van der Waals surface area contributed by atoms with Gasteiger partial charge in [-0.3, -0.25) is 9.78 Å². The van der Waals surface area contributed by atoms with E-state index >= 15 is 0 Å². The molecule has 2 aromatic heterocycles. The van der Waals surface area contributed by atoms with Crippen LogP contribution in [0.4, 0.5) is 0 Å². The van der Waals surface area contributed by atoms with Crippen molar-refractivity contribution < 1.29 is 0 Å². The van der Waals surface area contributed by atoms with Crippen LogP contribution in [0, 0.1) is 0 Å². The molecule has 1 aliphatic carbocycles. The van der Waals surface area contributed by atoms with Gasteiger partial charge in [-0.25, -0.2) is 0 Å². The normalized spacial score (nSPS) is 15.7. The van der Waals surface area contributed by atoms with E-state index in [1.54, 1.807) is 0 Å². The summed E-state index contributed by atoms with van der Waals surface area (Å²) in [5.41, 5.74) is 3.87. The molecule has 17 heavy (non-hydrogen) atoms. The Kier molecular flexibility index (Phi) is 2.28. The fourth-order valence-corrected chi connectivity index (χ4v) is 2.13. The molecule has 0 saturated heterocycles. The Morgan fingerprint density at radius 3 is 2.76 bits per heavy atom. The lowest BCUT2D eigenvalue weighted by molar-refractivity contribution is 0.861. The van der Waals surface area contributed by atoms with Crippen molar-refractivity contribution in [1.82, 2.24) is 9.97 Å². The SMILES string of the molecule is CC(C)c1cnc2cc(C3CC3)c(=O)[nH]c2c1. The van der Waals surface area contributed by atoms with Crippen LogP contribution in [-0.4, -0.2) is 9.97 Å². The Bertz CT molecular complexity index is 624. The summed E-state index contributed by atoms with van der Waals surface area (Å²) in [6.45, 7) is 4.25. The van der Waals surface area contributed by atoms with E-state index in [9.17, 15) is 4.79 Å². The molecule has 1 aliphatic rings. The summed E-state index contributed by atoms with van der Waals surface area (Å²) in [4.78, 5) is 19.3. The van der Waals surface area contributed by atoms with E-state index in [-0.39, 0.29) is 5.56 Å². The van der Waals surface area contributed by atoms with Crippen molar-refractivity contribution in [2.75, 3.05) is 0 Å². The Balaban J connectivity index is 2.18. The highest BCUT2D eigenvalue weighted by molar-refractivity contribution is 5.75. The zero-order chi connectivity index (χ0) is 12.0. The number of hydrogen-bond donors (Lipinski definition) is 1. The Morgan fingerprint density at radius 1 is 1.35 bits per heavy atom. The molecule has 0 aliphatic heterocycles. The largest absolute Gasteiger partial charge is 0.320 e. The number of rotatable bonds is 2. The summed E-state index contributed by atoms with van der Waals surface area (Å²) < 4.78 is 0.